The van der Waals surface area contributed by atoms with Crippen molar-refractivity contribution in [2.24, 2.45) is 11.8 Å². The highest BCUT2D eigenvalue weighted by atomic mass is 35.5. The lowest BCUT2D eigenvalue weighted by atomic mass is 9.85. The van der Waals surface area contributed by atoms with Gasteiger partial charge in [-0.1, -0.05) is 19.1 Å². The number of nitrogens with one attached hydrogen (secondary N) is 3. The van der Waals surface area contributed by atoms with Gasteiger partial charge in [-0.2, -0.15) is 0 Å². The average molecular weight is 434 g/mol. The van der Waals surface area contributed by atoms with Crippen molar-refractivity contribution in [2.75, 3.05) is 18.4 Å². The molecule has 2 unspecified atom stereocenters. The fourth-order valence-corrected chi connectivity index (χ4v) is 3.63. The maximum atomic E-state index is 12.9. The molecule has 1 aliphatic rings. The zero-order valence-corrected chi connectivity index (χ0v) is 17.9. The number of benzene rings is 2. The third-order valence-electron chi connectivity index (χ3n) is 5.44. The van der Waals surface area contributed by atoms with E-state index in [1.54, 1.807) is 36.4 Å². The van der Waals surface area contributed by atoms with Crippen LogP contribution in [0.4, 0.5) is 10.1 Å². The highest BCUT2D eigenvalue weighted by molar-refractivity contribution is 5.95. The lowest BCUT2D eigenvalue weighted by Crippen LogP contribution is -2.34. The van der Waals surface area contributed by atoms with Gasteiger partial charge in [0.25, 0.3) is 5.91 Å². The summed E-state index contributed by atoms with van der Waals surface area (Å²) in [5.74, 6) is 0.353. The largest absolute Gasteiger partial charge is 0.348 e. The number of hydrogen-bond donors (Lipinski definition) is 3. The van der Waals surface area contributed by atoms with Crippen LogP contribution in [0.3, 0.4) is 0 Å². The summed E-state index contributed by atoms with van der Waals surface area (Å²) < 4.78 is 12.9. The van der Waals surface area contributed by atoms with E-state index >= 15 is 0 Å². The topological polar surface area (TPSA) is 70.2 Å². The van der Waals surface area contributed by atoms with Gasteiger partial charge in [0, 0.05) is 24.2 Å². The smallest absolute Gasteiger partial charge is 0.251 e. The molecule has 7 heteroatoms. The number of rotatable bonds is 7. The van der Waals surface area contributed by atoms with E-state index in [-0.39, 0.29) is 30.0 Å². The molecule has 2 amide bonds. The van der Waals surface area contributed by atoms with Gasteiger partial charge in [-0.25, -0.2) is 4.39 Å². The number of anilines is 1. The van der Waals surface area contributed by atoms with E-state index in [0.717, 1.165) is 18.7 Å². The second-order valence-corrected chi connectivity index (χ2v) is 7.72. The maximum absolute atomic E-state index is 12.9. The highest BCUT2D eigenvalue weighted by Gasteiger charge is 2.22. The van der Waals surface area contributed by atoms with Crippen LogP contribution in [0.15, 0.2) is 48.5 Å². The molecule has 0 spiro atoms. The number of carbonyl (C=O) groups is 2. The van der Waals surface area contributed by atoms with E-state index in [2.05, 4.69) is 22.9 Å². The van der Waals surface area contributed by atoms with E-state index in [9.17, 15) is 14.0 Å². The van der Waals surface area contributed by atoms with Gasteiger partial charge in [0.15, 0.2) is 0 Å². The molecular formula is C23H29ClFN3O2. The summed E-state index contributed by atoms with van der Waals surface area (Å²) in [6.07, 6.45) is 2.83. The zero-order valence-electron chi connectivity index (χ0n) is 17.1. The summed E-state index contributed by atoms with van der Waals surface area (Å²) in [4.78, 5) is 24.6. The summed E-state index contributed by atoms with van der Waals surface area (Å²) in [6, 6.07) is 12.8. The van der Waals surface area contributed by atoms with Gasteiger partial charge in [-0.15, -0.1) is 12.4 Å². The lowest BCUT2D eigenvalue weighted by molar-refractivity contribution is -0.117. The Morgan fingerprint density at radius 2 is 1.83 bits per heavy atom. The first-order valence-electron chi connectivity index (χ1n) is 10.1. The monoisotopic (exact) mass is 433 g/mol. The molecule has 2 atom stereocenters. The third kappa shape index (κ3) is 7.11. The Hall–Kier alpha value is -2.44. The Balaban J connectivity index is 0.00000320. The molecule has 30 heavy (non-hydrogen) atoms. The summed E-state index contributed by atoms with van der Waals surface area (Å²) in [7, 11) is 0. The summed E-state index contributed by atoms with van der Waals surface area (Å²) >= 11 is 0. The predicted octanol–water partition coefficient (Wildman–Crippen LogP) is 4.14. The first-order chi connectivity index (χ1) is 14.0. The fraction of sp³-hybridized carbons (Fsp3) is 0.391. The standard InChI is InChI=1S/C23H28FN3O2.ClH/c1-16(19-3-2-12-25-15-19)13-22(28)27-21-10-6-18(7-11-21)23(29)26-14-17-4-8-20(24)9-5-17;/h4-11,16,19,25H,2-3,12-15H2,1H3,(H,26,29)(H,27,28);1H. The molecule has 1 saturated heterocycles. The normalized spacial score (nSPS) is 16.8. The van der Waals surface area contributed by atoms with Crippen molar-refractivity contribution < 1.29 is 14.0 Å². The van der Waals surface area contributed by atoms with Gasteiger partial charge in [0.05, 0.1) is 0 Å². The second-order valence-electron chi connectivity index (χ2n) is 7.72. The molecule has 3 rings (SSSR count). The van der Waals surface area contributed by atoms with Crippen molar-refractivity contribution in [1.29, 1.82) is 0 Å². The van der Waals surface area contributed by atoms with E-state index in [1.807, 2.05) is 0 Å². The second kappa shape index (κ2) is 11.7. The van der Waals surface area contributed by atoms with Crippen LogP contribution in [-0.2, 0) is 11.3 Å². The Labute approximate surface area is 183 Å². The van der Waals surface area contributed by atoms with Crippen molar-refractivity contribution in [3.63, 3.8) is 0 Å². The summed E-state index contributed by atoms with van der Waals surface area (Å²) in [6.45, 7) is 4.51. The van der Waals surface area contributed by atoms with Crippen molar-refractivity contribution >= 4 is 29.9 Å². The van der Waals surface area contributed by atoms with E-state index in [1.165, 1.54) is 25.0 Å². The molecule has 3 N–H and O–H groups in total. The lowest BCUT2D eigenvalue weighted by Gasteiger charge is -2.28. The molecule has 0 saturated carbocycles. The molecule has 2 aromatic rings. The van der Waals surface area contributed by atoms with Crippen molar-refractivity contribution in [1.82, 2.24) is 10.6 Å². The van der Waals surface area contributed by atoms with Gasteiger partial charge in [-0.05, 0) is 79.7 Å². The van der Waals surface area contributed by atoms with Crippen molar-refractivity contribution in [3.8, 4) is 0 Å². The quantitative estimate of drug-likeness (QED) is 0.614. The molecule has 0 bridgehead atoms. The minimum atomic E-state index is -0.303. The summed E-state index contributed by atoms with van der Waals surface area (Å²) in [5.41, 5.74) is 2.01. The number of piperidine rings is 1. The van der Waals surface area contributed by atoms with E-state index in [4.69, 9.17) is 0 Å². The van der Waals surface area contributed by atoms with Crippen LogP contribution in [0.5, 0.6) is 0 Å². The number of halogens is 2. The molecule has 1 heterocycles. The predicted molar refractivity (Wildman–Crippen MR) is 119 cm³/mol. The van der Waals surface area contributed by atoms with Gasteiger partial charge in [0.2, 0.25) is 5.91 Å². The van der Waals surface area contributed by atoms with Crippen LogP contribution in [0.1, 0.15) is 42.1 Å². The van der Waals surface area contributed by atoms with Crippen LogP contribution in [-0.4, -0.2) is 24.9 Å². The Bertz CT molecular complexity index is 821. The molecule has 5 nitrogen and oxygen atoms in total. The molecule has 2 aromatic carbocycles. The van der Waals surface area contributed by atoms with Crippen LogP contribution < -0.4 is 16.0 Å². The third-order valence-corrected chi connectivity index (χ3v) is 5.44. The molecule has 1 fully saturated rings. The molecule has 1 aliphatic heterocycles. The van der Waals surface area contributed by atoms with Crippen LogP contribution in [0.2, 0.25) is 0 Å². The molecular weight excluding hydrogens is 405 g/mol. The van der Waals surface area contributed by atoms with Crippen molar-refractivity contribution in [3.05, 3.63) is 65.5 Å². The van der Waals surface area contributed by atoms with Gasteiger partial charge in [0.1, 0.15) is 5.82 Å². The number of amides is 2. The van der Waals surface area contributed by atoms with Crippen LogP contribution >= 0.6 is 12.4 Å². The molecule has 0 aromatic heterocycles. The minimum Gasteiger partial charge on any atom is -0.348 e. The van der Waals surface area contributed by atoms with Crippen LogP contribution in [0, 0.1) is 17.7 Å². The number of hydrogen-bond acceptors (Lipinski definition) is 3. The maximum Gasteiger partial charge on any atom is 0.251 e. The average Bonchev–Trinajstić information content (AvgIpc) is 2.74. The molecule has 0 radical (unpaired) electrons. The Morgan fingerprint density at radius 3 is 2.47 bits per heavy atom. The molecule has 162 valence electrons. The van der Waals surface area contributed by atoms with E-state index < -0.39 is 0 Å². The van der Waals surface area contributed by atoms with E-state index in [0.29, 0.717) is 36.1 Å². The Morgan fingerprint density at radius 1 is 1.13 bits per heavy atom. The number of carbonyl (C=O) groups excluding carboxylic acids is 2. The van der Waals surface area contributed by atoms with Crippen molar-refractivity contribution in [2.45, 2.75) is 32.7 Å². The van der Waals surface area contributed by atoms with Gasteiger partial charge in [-0.3, -0.25) is 9.59 Å². The SMILES string of the molecule is CC(CC(=O)Nc1ccc(C(=O)NCc2ccc(F)cc2)cc1)C1CCCNC1.Cl. The van der Waals surface area contributed by atoms with Gasteiger partial charge >= 0.3 is 0 Å². The first-order valence-corrected chi connectivity index (χ1v) is 10.1. The highest BCUT2D eigenvalue weighted by Crippen LogP contribution is 2.23. The Kier molecular flexibility index (Phi) is 9.27. The minimum absolute atomic E-state index is 0. The fourth-order valence-electron chi connectivity index (χ4n) is 3.63. The first kappa shape index (κ1) is 23.8. The van der Waals surface area contributed by atoms with Gasteiger partial charge < -0.3 is 16.0 Å². The zero-order chi connectivity index (χ0) is 20.6. The molecule has 0 aliphatic carbocycles. The van der Waals surface area contributed by atoms with Crippen LogP contribution in [0.25, 0.3) is 0 Å². The summed E-state index contributed by atoms with van der Waals surface area (Å²) in [5, 5.41) is 9.11.